The summed E-state index contributed by atoms with van der Waals surface area (Å²) in [5.41, 5.74) is 6.27. The second-order valence-corrected chi connectivity index (χ2v) is 4.81. The monoisotopic (exact) mass is 254 g/mol. The molecule has 1 aliphatic rings. The van der Waals surface area contributed by atoms with Gasteiger partial charge < -0.3 is 15.6 Å². The van der Waals surface area contributed by atoms with Crippen LogP contribution in [0.1, 0.15) is 18.0 Å². The maximum absolute atomic E-state index is 13.8. The molecule has 0 amide bonds. The molecule has 0 radical (unpaired) electrons. The number of ether oxygens (including phenoxy) is 1. The number of nitrogens with zero attached hydrogens (tertiary/aromatic N) is 1. The first-order chi connectivity index (χ1) is 8.58. The van der Waals surface area contributed by atoms with Gasteiger partial charge in [-0.3, -0.25) is 4.90 Å². The predicted octanol–water partition coefficient (Wildman–Crippen LogP) is 1.49. The Labute approximate surface area is 106 Å². The van der Waals surface area contributed by atoms with E-state index < -0.39 is 5.82 Å². The van der Waals surface area contributed by atoms with Gasteiger partial charge in [-0.05, 0) is 38.1 Å². The highest BCUT2D eigenvalue weighted by Crippen LogP contribution is 2.40. The lowest BCUT2D eigenvalue weighted by Crippen LogP contribution is -2.20. The Morgan fingerprint density at radius 1 is 1.56 bits per heavy atom. The summed E-state index contributed by atoms with van der Waals surface area (Å²) in [4.78, 5) is 2.10. The Kier molecular flexibility index (Phi) is 3.73. The van der Waals surface area contributed by atoms with Crippen LogP contribution in [-0.4, -0.2) is 37.3 Å². The van der Waals surface area contributed by atoms with Crippen LogP contribution in [0.25, 0.3) is 0 Å². The fourth-order valence-electron chi connectivity index (χ4n) is 2.63. The van der Waals surface area contributed by atoms with Crippen molar-refractivity contribution in [2.24, 2.45) is 11.7 Å². The third-order valence-corrected chi connectivity index (χ3v) is 3.66. The zero-order chi connectivity index (χ0) is 13.3. The highest BCUT2D eigenvalue weighted by Gasteiger charge is 2.32. The van der Waals surface area contributed by atoms with Crippen molar-refractivity contribution in [3.8, 4) is 11.5 Å². The van der Waals surface area contributed by atoms with Crippen LogP contribution < -0.4 is 10.5 Å². The molecule has 0 aliphatic carbocycles. The number of phenolic OH excluding ortho intramolecular Hbond substituents is 1. The molecule has 0 aromatic heterocycles. The van der Waals surface area contributed by atoms with Gasteiger partial charge in [0.05, 0.1) is 7.11 Å². The Morgan fingerprint density at radius 2 is 2.28 bits per heavy atom. The molecule has 1 heterocycles. The summed E-state index contributed by atoms with van der Waals surface area (Å²) >= 11 is 0. The number of hydrogen-bond donors (Lipinski definition) is 2. The van der Waals surface area contributed by atoms with Crippen LogP contribution in [0.15, 0.2) is 12.1 Å². The van der Waals surface area contributed by atoms with E-state index in [4.69, 9.17) is 10.5 Å². The molecule has 1 fully saturated rings. The van der Waals surface area contributed by atoms with Gasteiger partial charge in [0.15, 0.2) is 11.5 Å². The van der Waals surface area contributed by atoms with Gasteiger partial charge in [-0.1, -0.05) is 0 Å². The van der Waals surface area contributed by atoms with E-state index in [1.807, 2.05) is 7.05 Å². The molecule has 2 unspecified atom stereocenters. The molecule has 2 atom stereocenters. The molecule has 100 valence electrons. The van der Waals surface area contributed by atoms with E-state index in [-0.39, 0.29) is 17.5 Å². The van der Waals surface area contributed by atoms with E-state index in [0.29, 0.717) is 18.0 Å². The lowest BCUT2D eigenvalue weighted by molar-refractivity contribution is 0.299. The maximum Gasteiger partial charge on any atom is 0.206 e. The van der Waals surface area contributed by atoms with Gasteiger partial charge in [0.25, 0.3) is 0 Å². The van der Waals surface area contributed by atoms with Crippen molar-refractivity contribution in [1.29, 1.82) is 0 Å². The molecule has 1 aromatic carbocycles. The summed E-state index contributed by atoms with van der Waals surface area (Å²) in [5.74, 6) is -0.555. The van der Waals surface area contributed by atoms with Crippen molar-refractivity contribution in [2.45, 2.75) is 12.5 Å². The molecule has 0 bridgehead atoms. The third-order valence-electron chi connectivity index (χ3n) is 3.66. The normalized spacial score (nSPS) is 24.4. The van der Waals surface area contributed by atoms with Gasteiger partial charge in [0.1, 0.15) is 0 Å². The van der Waals surface area contributed by atoms with Crippen LogP contribution in [0.2, 0.25) is 0 Å². The van der Waals surface area contributed by atoms with E-state index in [1.54, 1.807) is 12.1 Å². The lowest BCUT2D eigenvalue weighted by atomic mass is 9.99. The predicted molar refractivity (Wildman–Crippen MR) is 67.1 cm³/mol. The van der Waals surface area contributed by atoms with Gasteiger partial charge in [-0.25, -0.2) is 0 Å². The Bertz CT molecular complexity index is 439. The van der Waals surface area contributed by atoms with Crippen molar-refractivity contribution in [1.82, 2.24) is 4.90 Å². The minimum absolute atomic E-state index is 0.0129. The Morgan fingerprint density at radius 3 is 2.83 bits per heavy atom. The molecule has 1 aliphatic heterocycles. The zero-order valence-corrected chi connectivity index (χ0v) is 10.7. The quantitative estimate of drug-likeness (QED) is 0.858. The average molecular weight is 254 g/mol. The van der Waals surface area contributed by atoms with Crippen LogP contribution in [0.3, 0.4) is 0 Å². The van der Waals surface area contributed by atoms with E-state index in [9.17, 15) is 9.50 Å². The van der Waals surface area contributed by atoms with Gasteiger partial charge >= 0.3 is 0 Å². The van der Waals surface area contributed by atoms with Crippen molar-refractivity contribution in [3.05, 3.63) is 23.5 Å². The largest absolute Gasteiger partial charge is 0.504 e. The van der Waals surface area contributed by atoms with Crippen LogP contribution in [0.5, 0.6) is 11.5 Å². The number of likely N-dealkylation sites (tertiary alicyclic amines) is 1. The number of hydrogen-bond acceptors (Lipinski definition) is 4. The second-order valence-electron chi connectivity index (χ2n) is 4.81. The number of rotatable bonds is 3. The standard InChI is InChI=1S/C13H19FN2O2/c1-16-7-8(6-15)5-10(16)9-3-4-11(18-2)12(14)13(9)17/h3-4,8,10,17H,5-7,15H2,1-2H3. The molecular weight excluding hydrogens is 235 g/mol. The van der Waals surface area contributed by atoms with Gasteiger partial charge in [-0.2, -0.15) is 4.39 Å². The minimum Gasteiger partial charge on any atom is -0.504 e. The molecule has 1 saturated heterocycles. The molecule has 4 nitrogen and oxygen atoms in total. The number of phenols is 1. The summed E-state index contributed by atoms with van der Waals surface area (Å²) in [6, 6.07) is 3.28. The Balaban J connectivity index is 2.32. The van der Waals surface area contributed by atoms with Crippen LogP contribution in [0.4, 0.5) is 4.39 Å². The van der Waals surface area contributed by atoms with Crippen molar-refractivity contribution in [2.75, 3.05) is 27.2 Å². The summed E-state index contributed by atoms with van der Waals surface area (Å²) in [5, 5.41) is 9.93. The molecule has 0 spiro atoms. The van der Waals surface area contributed by atoms with Crippen LogP contribution >= 0.6 is 0 Å². The van der Waals surface area contributed by atoms with Crippen LogP contribution in [0, 0.1) is 11.7 Å². The maximum atomic E-state index is 13.8. The van der Waals surface area contributed by atoms with Crippen molar-refractivity contribution in [3.63, 3.8) is 0 Å². The summed E-state index contributed by atoms with van der Waals surface area (Å²) in [6.07, 6.45) is 0.840. The lowest BCUT2D eigenvalue weighted by Gasteiger charge is -2.21. The Hall–Kier alpha value is -1.33. The fourth-order valence-corrected chi connectivity index (χ4v) is 2.63. The molecule has 18 heavy (non-hydrogen) atoms. The topological polar surface area (TPSA) is 58.7 Å². The zero-order valence-electron chi connectivity index (χ0n) is 10.7. The first kappa shape index (κ1) is 13.1. The highest BCUT2D eigenvalue weighted by molar-refractivity contribution is 5.43. The smallest absolute Gasteiger partial charge is 0.206 e. The SMILES string of the molecule is COc1ccc(C2CC(CN)CN2C)c(O)c1F. The van der Waals surface area contributed by atoms with Crippen molar-refractivity contribution < 1.29 is 14.2 Å². The third kappa shape index (κ3) is 2.15. The second kappa shape index (κ2) is 5.12. The van der Waals surface area contributed by atoms with E-state index in [1.165, 1.54) is 7.11 Å². The summed E-state index contributed by atoms with van der Waals surface area (Å²) < 4.78 is 18.6. The molecule has 2 rings (SSSR count). The van der Waals surface area contributed by atoms with E-state index in [2.05, 4.69) is 4.90 Å². The van der Waals surface area contributed by atoms with E-state index in [0.717, 1.165) is 13.0 Å². The number of methoxy groups -OCH3 is 1. The fraction of sp³-hybridized carbons (Fsp3) is 0.538. The van der Waals surface area contributed by atoms with Crippen molar-refractivity contribution >= 4 is 0 Å². The van der Waals surface area contributed by atoms with Gasteiger partial charge in [-0.15, -0.1) is 0 Å². The van der Waals surface area contributed by atoms with Gasteiger partial charge in [0, 0.05) is 18.2 Å². The molecule has 0 saturated carbocycles. The number of halogens is 1. The molecule has 3 N–H and O–H groups in total. The molecule has 5 heteroatoms. The summed E-state index contributed by atoms with van der Waals surface area (Å²) in [7, 11) is 3.34. The highest BCUT2D eigenvalue weighted by atomic mass is 19.1. The average Bonchev–Trinajstić information content (AvgIpc) is 2.74. The number of benzene rings is 1. The van der Waals surface area contributed by atoms with E-state index >= 15 is 0 Å². The minimum atomic E-state index is -0.695. The first-order valence-corrected chi connectivity index (χ1v) is 6.04. The first-order valence-electron chi connectivity index (χ1n) is 6.04. The molecule has 1 aromatic rings. The van der Waals surface area contributed by atoms with Gasteiger partial charge in [0.2, 0.25) is 5.82 Å². The molecular formula is C13H19FN2O2. The number of nitrogens with two attached hydrogens (primary N) is 1. The van der Waals surface area contributed by atoms with Crippen LogP contribution in [-0.2, 0) is 0 Å². The summed E-state index contributed by atoms with van der Waals surface area (Å²) in [6.45, 7) is 1.48. The number of aromatic hydroxyl groups is 1.